The summed E-state index contributed by atoms with van der Waals surface area (Å²) in [6, 6.07) is 6.40. The molecule has 0 saturated heterocycles. The fraction of sp³-hybridized carbons (Fsp3) is 0.400. The first-order valence-electron chi connectivity index (χ1n) is 7.08. The van der Waals surface area contributed by atoms with E-state index in [1.54, 1.807) is 18.2 Å². The summed E-state index contributed by atoms with van der Waals surface area (Å²) in [5, 5.41) is 4.71. The fourth-order valence-electron chi connectivity index (χ4n) is 2.43. The lowest BCUT2D eigenvalue weighted by molar-refractivity contribution is -0.139. The topological polar surface area (TPSA) is 101 Å². The van der Waals surface area contributed by atoms with Crippen molar-refractivity contribution in [2.75, 3.05) is 5.73 Å². The molecule has 0 aliphatic heterocycles. The third kappa shape index (κ3) is 4.05. The number of nitrogen functional groups attached to an aromatic ring is 1. The van der Waals surface area contributed by atoms with Gasteiger partial charge in [-0.2, -0.15) is 0 Å². The molecule has 2 rings (SSSR count). The summed E-state index contributed by atoms with van der Waals surface area (Å²) in [7, 11) is 0. The average molecular weight is 289 g/mol. The van der Waals surface area contributed by atoms with Crippen LogP contribution in [-0.2, 0) is 9.59 Å². The van der Waals surface area contributed by atoms with E-state index in [-0.39, 0.29) is 17.3 Å². The minimum absolute atomic E-state index is 0.0221. The molecular formula is C15H19N3O3. The average Bonchev–Trinajstić information content (AvgIpc) is 2.48. The normalized spacial score (nSPS) is 15.2. The molecule has 3 amide bonds. The SMILES string of the molecule is Nc1ccccc1C(=O)NC(=O)C(=O)NC1CCCCC1. The van der Waals surface area contributed by atoms with Crippen molar-refractivity contribution in [1.29, 1.82) is 0 Å². The minimum Gasteiger partial charge on any atom is -0.398 e. The molecule has 1 aromatic carbocycles. The van der Waals surface area contributed by atoms with Crippen molar-refractivity contribution < 1.29 is 14.4 Å². The molecule has 1 aliphatic rings. The highest BCUT2D eigenvalue weighted by atomic mass is 16.2. The molecule has 0 heterocycles. The van der Waals surface area contributed by atoms with E-state index in [9.17, 15) is 14.4 Å². The van der Waals surface area contributed by atoms with E-state index in [0.717, 1.165) is 32.1 Å². The summed E-state index contributed by atoms with van der Waals surface area (Å²) < 4.78 is 0. The molecule has 0 unspecified atom stereocenters. The van der Waals surface area contributed by atoms with Crippen molar-refractivity contribution in [2.24, 2.45) is 0 Å². The highest BCUT2D eigenvalue weighted by Gasteiger charge is 2.22. The quantitative estimate of drug-likeness (QED) is 0.558. The van der Waals surface area contributed by atoms with Crippen molar-refractivity contribution in [3.05, 3.63) is 29.8 Å². The van der Waals surface area contributed by atoms with Gasteiger partial charge in [-0.3, -0.25) is 19.7 Å². The second-order valence-electron chi connectivity index (χ2n) is 5.18. The molecule has 1 fully saturated rings. The van der Waals surface area contributed by atoms with Crippen LogP contribution in [-0.4, -0.2) is 23.8 Å². The number of amides is 3. The Morgan fingerprint density at radius 1 is 1.00 bits per heavy atom. The molecule has 0 radical (unpaired) electrons. The Bertz CT molecular complexity index is 551. The summed E-state index contributed by atoms with van der Waals surface area (Å²) in [6.45, 7) is 0. The Morgan fingerprint density at radius 3 is 2.33 bits per heavy atom. The lowest BCUT2D eigenvalue weighted by Gasteiger charge is -2.22. The standard InChI is InChI=1S/C15H19N3O3/c16-12-9-5-4-8-11(12)13(19)18-15(21)14(20)17-10-6-2-1-3-7-10/h4-5,8-10H,1-3,6-7,16H2,(H,17,20)(H,18,19,21). The third-order valence-electron chi connectivity index (χ3n) is 3.58. The minimum atomic E-state index is -0.950. The van der Waals surface area contributed by atoms with Gasteiger partial charge in [0.15, 0.2) is 0 Å². The van der Waals surface area contributed by atoms with E-state index in [4.69, 9.17) is 5.73 Å². The molecule has 1 aromatic rings. The zero-order chi connectivity index (χ0) is 15.2. The molecule has 6 nitrogen and oxygen atoms in total. The molecule has 112 valence electrons. The monoisotopic (exact) mass is 289 g/mol. The number of anilines is 1. The second kappa shape index (κ2) is 6.88. The van der Waals surface area contributed by atoms with Gasteiger partial charge in [0.25, 0.3) is 5.91 Å². The van der Waals surface area contributed by atoms with E-state index in [1.165, 1.54) is 6.07 Å². The predicted octanol–water partition coefficient (Wildman–Crippen LogP) is 0.974. The van der Waals surface area contributed by atoms with E-state index in [1.807, 2.05) is 0 Å². The van der Waals surface area contributed by atoms with E-state index in [0.29, 0.717) is 0 Å². The van der Waals surface area contributed by atoms with Gasteiger partial charge in [-0.15, -0.1) is 0 Å². The second-order valence-corrected chi connectivity index (χ2v) is 5.18. The number of carbonyl (C=O) groups excluding carboxylic acids is 3. The molecule has 0 atom stereocenters. The molecular weight excluding hydrogens is 270 g/mol. The first kappa shape index (κ1) is 15.0. The molecule has 1 aliphatic carbocycles. The largest absolute Gasteiger partial charge is 0.398 e. The lowest BCUT2D eigenvalue weighted by Crippen LogP contribution is -2.46. The van der Waals surface area contributed by atoms with Gasteiger partial charge in [-0.25, -0.2) is 0 Å². The highest BCUT2D eigenvalue weighted by Crippen LogP contribution is 2.17. The first-order chi connectivity index (χ1) is 10.1. The van der Waals surface area contributed by atoms with Crippen LogP contribution in [0.25, 0.3) is 0 Å². The van der Waals surface area contributed by atoms with Gasteiger partial charge in [-0.05, 0) is 25.0 Å². The number of carbonyl (C=O) groups is 3. The van der Waals surface area contributed by atoms with Crippen molar-refractivity contribution in [1.82, 2.24) is 10.6 Å². The van der Waals surface area contributed by atoms with Crippen LogP contribution in [0.5, 0.6) is 0 Å². The summed E-state index contributed by atoms with van der Waals surface area (Å²) >= 11 is 0. The number of imide groups is 1. The summed E-state index contributed by atoms with van der Waals surface area (Å²) in [5.41, 5.74) is 6.09. The smallest absolute Gasteiger partial charge is 0.316 e. The van der Waals surface area contributed by atoms with Gasteiger partial charge in [0.2, 0.25) is 0 Å². The Balaban J connectivity index is 1.90. The van der Waals surface area contributed by atoms with E-state index >= 15 is 0 Å². The van der Waals surface area contributed by atoms with Crippen LogP contribution in [0.15, 0.2) is 24.3 Å². The van der Waals surface area contributed by atoms with Crippen LogP contribution in [0, 0.1) is 0 Å². The number of hydrogen-bond acceptors (Lipinski definition) is 4. The van der Waals surface area contributed by atoms with Crippen LogP contribution in [0.1, 0.15) is 42.5 Å². The van der Waals surface area contributed by atoms with Crippen molar-refractivity contribution in [3.63, 3.8) is 0 Å². The summed E-state index contributed by atoms with van der Waals surface area (Å²) in [6.07, 6.45) is 5.00. The van der Waals surface area contributed by atoms with Crippen molar-refractivity contribution >= 4 is 23.4 Å². The van der Waals surface area contributed by atoms with E-state index in [2.05, 4.69) is 10.6 Å². The first-order valence-corrected chi connectivity index (χ1v) is 7.08. The number of nitrogens with two attached hydrogens (primary N) is 1. The zero-order valence-corrected chi connectivity index (χ0v) is 11.7. The maximum atomic E-state index is 11.9. The number of nitrogens with one attached hydrogen (secondary N) is 2. The zero-order valence-electron chi connectivity index (χ0n) is 11.7. The van der Waals surface area contributed by atoms with E-state index < -0.39 is 17.7 Å². The number of hydrogen-bond donors (Lipinski definition) is 3. The van der Waals surface area contributed by atoms with Crippen LogP contribution in [0.3, 0.4) is 0 Å². The summed E-state index contributed by atoms with van der Waals surface area (Å²) in [5.74, 6) is -2.39. The Labute approximate surface area is 123 Å². The number of para-hydroxylation sites is 1. The predicted molar refractivity (Wildman–Crippen MR) is 78.3 cm³/mol. The Kier molecular flexibility index (Phi) is 4.92. The maximum Gasteiger partial charge on any atom is 0.316 e. The number of rotatable bonds is 2. The van der Waals surface area contributed by atoms with Crippen molar-refractivity contribution in [2.45, 2.75) is 38.1 Å². The molecule has 0 bridgehead atoms. The maximum absolute atomic E-state index is 11.9. The van der Waals surface area contributed by atoms with Crippen LogP contribution < -0.4 is 16.4 Å². The van der Waals surface area contributed by atoms with Gasteiger partial charge in [0, 0.05) is 11.7 Å². The molecule has 6 heteroatoms. The van der Waals surface area contributed by atoms with Gasteiger partial charge in [-0.1, -0.05) is 31.4 Å². The lowest BCUT2D eigenvalue weighted by atomic mass is 9.95. The van der Waals surface area contributed by atoms with Crippen LogP contribution in [0.4, 0.5) is 5.69 Å². The van der Waals surface area contributed by atoms with Crippen LogP contribution in [0.2, 0.25) is 0 Å². The molecule has 21 heavy (non-hydrogen) atoms. The summed E-state index contributed by atoms with van der Waals surface area (Å²) in [4.78, 5) is 35.4. The van der Waals surface area contributed by atoms with Gasteiger partial charge in [0.1, 0.15) is 0 Å². The molecule has 4 N–H and O–H groups in total. The Hall–Kier alpha value is -2.37. The highest BCUT2D eigenvalue weighted by molar-refractivity contribution is 6.38. The third-order valence-corrected chi connectivity index (χ3v) is 3.58. The molecule has 0 aromatic heterocycles. The Morgan fingerprint density at radius 2 is 1.67 bits per heavy atom. The van der Waals surface area contributed by atoms with Gasteiger partial charge < -0.3 is 11.1 Å². The fourth-order valence-corrected chi connectivity index (χ4v) is 2.43. The van der Waals surface area contributed by atoms with Crippen molar-refractivity contribution in [3.8, 4) is 0 Å². The van der Waals surface area contributed by atoms with Gasteiger partial charge in [0.05, 0.1) is 5.56 Å². The van der Waals surface area contributed by atoms with Gasteiger partial charge >= 0.3 is 11.8 Å². The molecule has 0 spiro atoms. The number of benzene rings is 1. The van der Waals surface area contributed by atoms with Crippen LogP contribution >= 0.6 is 0 Å². The molecule has 1 saturated carbocycles.